The first-order valence-electron chi connectivity index (χ1n) is 6.82. The number of aromatic nitrogens is 3. The SMILES string of the molecule is O=C(NCC#CCOc1cccnc1)c1ccc2nsnc2c1. The first-order valence-corrected chi connectivity index (χ1v) is 7.55. The molecule has 3 rings (SSSR count). The lowest BCUT2D eigenvalue weighted by Gasteiger charge is -2.01. The highest BCUT2D eigenvalue weighted by Crippen LogP contribution is 2.13. The molecule has 23 heavy (non-hydrogen) atoms. The molecule has 0 fully saturated rings. The van der Waals surface area contributed by atoms with Crippen molar-refractivity contribution in [2.24, 2.45) is 0 Å². The summed E-state index contributed by atoms with van der Waals surface area (Å²) >= 11 is 1.13. The number of benzene rings is 1. The minimum absolute atomic E-state index is 0.192. The molecule has 2 aromatic heterocycles. The van der Waals surface area contributed by atoms with Crippen LogP contribution in [-0.4, -0.2) is 32.8 Å². The van der Waals surface area contributed by atoms with Gasteiger partial charge in [-0.1, -0.05) is 11.8 Å². The predicted octanol–water partition coefficient (Wildman–Crippen LogP) is 1.90. The maximum atomic E-state index is 12.0. The second-order valence-corrected chi connectivity index (χ2v) is 5.01. The van der Waals surface area contributed by atoms with Gasteiger partial charge in [-0.2, -0.15) is 8.75 Å². The van der Waals surface area contributed by atoms with Crippen molar-refractivity contribution in [3.8, 4) is 17.6 Å². The number of carbonyl (C=O) groups is 1. The van der Waals surface area contributed by atoms with E-state index in [0.29, 0.717) is 11.3 Å². The Hall–Kier alpha value is -2.98. The minimum atomic E-state index is -0.192. The second kappa shape index (κ2) is 7.33. The Labute approximate surface area is 136 Å². The van der Waals surface area contributed by atoms with Crippen molar-refractivity contribution >= 4 is 28.7 Å². The summed E-state index contributed by atoms with van der Waals surface area (Å²) in [5.74, 6) is 6.14. The van der Waals surface area contributed by atoms with Gasteiger partial charge in [0.2, 0.25) is 0 Å². The van der Waals surface area contributed by atoms with E-state index in [-0.39, 0.29) is 19.1 Å². The van der Waals surface area contributed by atoms with Crippen LogP contribution in [0.3, 0.4) is 0 Å². The van der Waals surface area contributed by atoms with Crippen molar-refractivity contribution in [2.45, 2.75) is 0 Å². The average molecular weight is 324 g/mol. The van der Waals surface area contributed by atoms with Crippen molar-refractivity contribution in [1.82, 2.24) is 19.0 Å². The molecular weight excluding hydrogens is 312 g/mol. The van der Waals surface area contributed by atoms with E-state index in [0.717, 1.165) is 22.8 Å². The summed E-state index contributed by atoms with van der Waals surface area (Å²) in [5.41, 5.74) is 2.05. The van der Waals surface area contributed by atoms with Gasteiger partial charge in [0.05, 0.1) is 24.5 Å². The third kappa shape index (κ3) is 4.02. The predicted molar refractivity (Wildman–Crippen MR) is 87.3 cm³/mol. The zero-order chi connectivity index (χ0) is 15.9. The molecule has 2 heterocycles. The molecule has 7 heteroatoms. The van der Waals surface area contributed by atoms with Gasteiger partial charge < -0.3 is 10.1 Å². The number of hydrogen-bond acceptors (Lipinski definition) is 6. The van der Waals surface area contributed by atoms with E-state index in [1.807, 2.05) is 0 Å². The molecule has 0 saturated heterocycles. The van der Waals surface area contributed by atoms with Crippen LogP contribution in [0.4, 0.5) is 0 Å². The number of rotatable bonds is 4. The fourth-order valence-electron chi connectivity index (χ4n) is 1.82. The maximum Gasteiger partial charge on any atom is 0.252 e. The first-order chi connectivity index (χ1) is 11.3. The van der Waals surface area contributed by atoms with Crippen molar-refractivity contribution in [1.29, 1.82) is 0 Å². The van der Waals surface area contributed by atoms with Crippen LogP contribution in [0, 0.1) is 11.8 Å². The summed E-state index contributed by atoms with van der Waals surface area (Å²) in [7, 11) is 0. The molecule has 0 saturated carbocycles. The van der Waals surface area contributed by atoms with E-state index < -0.39 is 0 Å². The highest BCUT2D eigenvalue weighted by molar-refractivity contribution is 7.00. The smallest absolute Gasteiger partial charge is 0.252 e. The van der Waals surface area contributed by atoms with Crippen LogP contribution in [0.2, 0.25) is 0 Å². The van der Waals surface area contributed by atoms with Crippen molar-refractivity contribution < 1.29 is 9.53 Å². The van der Waals surface area contributed by atoms with Crippen LogP contribution in [0.15, 0.2) is 42.7 Å². The molecule has 0 aliphatic heterocycles. The molecule has 1 amide bonds. The molecule has 0 atom stereocenters. The first kappa shape index (κ1) is 14.9. The molecule has 0 bridgehead atoms. The van der Waals surface area contributed by atoms with E-state index in [9.17, 15) is 4.79 Å². The van der Waals surface area contributed by atoms with Gasteiger partial charge in [0.15, 0.2) is 0 Å². The van der Waals surface area contributed by atoms with Gasteiger partial charge in [-0.3, -0.25) is 9.78 Å². The van der Waals surface area contributed by atoms with Crippen LogP contribution in [0.5, 0.6) is 5.75 Å². The van der Waals surface area contributed by atoms with E-state index in [4.69, 9.17) is 4.74 Å². The number of amides is 1. The Kier molecular flexibility index (Phi) is 4.76. The number of hydrogen-bond donors (Lipinski definition) is 1. The van der Waals surface area contributed by atoms with Crippen LogP contribution < -0.4 is 10.1 Å². The summed E-state index contributed by atoms with van der Waals surface area (Å²) < 4.78 is 13.6. The third-order valence-electron chi connectivity index (χ3n) is 2.92. The number of ether oxygens (including phenoxy) is 1. The topological polar surface area (TPSA) is 77.0 Å². The maximum absolute atomic E-state index is 12.0. The fraction of sp³-hybridized carbons (Fsp3) is 0.125. The Morgan fingerprint density at radius 1 is 1.22 bits per heavy atom. The van der Waals surface area contributed by atoms with Gasteiger partial charge >= 0.3 is 0 Å². The summed E-state index contributed by atoms with van der Waals surface area (Å²) in [4.78, 5) is 15.9. The molecule has 0 aliphatic carbocycles. The lowest BCUT2D eigenvalue weighted by molar-refractivity contribution is 0.0959. The summed E-state index contributed by atoms with van der Waals surface area (Å²) in [6.07, 6.45) is 3.29. The Morgan fingerprint density at radius 2 is 2.13 bits per heavy atom. The summed E-state index contributed by atoms with van der Waals surface area (Å²) in [6.45, 7) is 0.501. The second-order valence-electron chi connectivity index (χ2n) is 4.48. The van der Waals surface area contributed by atoms with Crippen molar-refractivity contribution in [3.05, 3.63) is 48.3 Å². The monoisotopic (exact) mass is 324 g/mol. The molecular formula is C16H12N4O2S. The third-order valence-corrected chi connectivity index (χ3v) is 3.48. The number of fused-ring (bicyclic) bond motifs is 1. The quantitative estimate of drug-likeness (QED) is 0.742. The lowest BCUT2D eigenvalue weighted by Crippen LogP contribution is -2.23. The van der Waals surface area contributed by atoms with Gasteiger partial charge in [0.1, 0.15) is 23.4 Å². The van der Waals surface area contributed by atoms with Gasteiger partial charge in [-0.15, -0.1) is 0 Å². The summed E-state index contributed by atoms with van der Waals surface area (Å²) in [6, 6.07) is 8.81. The summed E-state index contributed by atoms with van der Waals surface area (Å²) in [5, 5.41) is 2.73. The Morgan fingerprint density at radius 3 is 3.00 bits per heavy atom. The molecule has 114 valence electrons. The van der Waals surface area contributed by atoms with Crippen molar-refractivity contribution in [2.75, 3.05) is 13.2 Å². The molecule has 3 aromatic rings. The zero-order valence-electron chi connectivity index (χ0n) is 12.0. The van der Waals surface area contributed by atoms with Crippen molar-refractivity contribution in [3.63, 3.8) is 0 Å². The fourth-order valence-corrected chi connectivity index (χ4v) is 2.33. The normalized spacial score (nSPS) is 9.91. The number of carbonyl (C=O) groups excluding carboxylic acids is 1. The van der Waals surface area contributed by atoms with Gasteiger partial charge in [0.25, 0.3) is 5.91 Å². The Bertz CT molecular complexity index is 868. The van der Waals surface area contributed by atoms with Crippen LogP contribution >= 0.6 is 11.7 Å². The molecule has 1 aromatic carbocycles. The molecule has 0 radical (unpaired) electrons. The van der Waals surface area contributed by atoms with Gasteiger partial charge in [-0.05, 0) is 30.3 Å². The molecule has 0 aliphatic rings. The van der Waals surface area contributed by atoms with Gasteiger partial charge in [0, 0.05) is 11.8 Å². The largest absolute Gasteiger partial charge is 0.479 e. The van der Waals surface area contributed by atoms with E-state index in [2.05, 4.69) is 30.9 Å². The molecule has 0 unspecified atom stereocenters. The van der Waals surface area contributed by atoms with Crippen LogP contribution in [0.25, 0.3) is 11.0 Å². The molecule has 6 nitrogen and oxygen atoms in total. The van der Waals surface area contributed by atoms with E-state index in [1.165, 1.54) is 0 Å². The zero-order valence-corrected chi connectivity index (χ0v) is 12.8. The van der Waals surface area contributed by atoms with E-state index in [1.54, 1.807) is 42.7 Å². The number of nitrogens with one attached hydrogen (secondary N) is 1. The highest BCUT2D eigenvalue weighted by atomic mass is 32.1. The van der Waals surface area contributed by atoms with Crippen LogP contribution in [0.1, 0.15) is 10.4 Å². The molecule has 1 N–H and O–H groups in total. The van der Waals surface area contributed by atoms with Gasteiger partial charge in [-0.25, -0.2) is 0 Å². The van der Waals surface area contributed by atoms with E-state index >= 15 is 0 Å². The minimum Gasteiger partial charge on any atom is -0.479 e. The average Bonchev–Trinajstić information content (AvgIpc) is 3.06. The highest BCUT2D eigenvalue weighted by Gasteiger charge is 2.06. The molecule has 0 spiro atoms. The number of pyridine rings is 1. The lowest BCUT2D eigenvalue weighted by atomic mass is 10.2. The standard InChI is InChI=1S/C16H12N4O2S/c21-16(12-5-6-14-15(10-12)20-23-19-14)18-8-1-2-9-22-13-4-3-7-17-11-13/h3-7,10-11H,8-9H2,(H,18,21). The van der Waals surface area contributed by atoms with Crippen LogP contribution in [-0.2, 0) is 0 Å². The Balaban J connectivity index is 1.47. The number of nitrogens with zero attached hydrogens (tertiary/aromatic N) is 3.